The van der Waals surface area contributed by atoms with Crippen molar-refractivity contribution in [2.45, 2.75) is 43.5 Å². The number of carbonyl (C=O) groups is 2. The van der Waals surface area contributed by atoms with E-state index in [4.69, 9.17) is 0 Å². The van der Waals surface area contributed by atoms with Crippen LogP contribution in [0, 0.1) is 26.7 Å². The lowest BCUT2D eigenvalue weighted by molar-refractivity contribution is -0.128. The Kier molecular flexibility index (Phi) is 6.66. The molecule has 0 aliphatic carbocycles. The Morgan fingerprint density at radius 2 is 1.66 bits per heavy atom. The second-order valence-electron chi connectivity index (χ2n) is 8.55. The number of nitrogens with zero attached hydrogens (tertiary/aromatic N) is 1. The summed E-state index contributed by atoms with van der Waals surface area (Å²) in [5, 5.41) is 2.98. The van der Waals surface area contributed by atoms with E-state index in [0.717, 1.165) is 16.1 Å². The third kappa shape index (κ3) is 5.40. The van der Waals surface area contributed by atoms with Crippen LogP contribution in [0.5, 0.6) is 0 Å². The fourth-order valence-electron chi connectivity index (χ4n) is 3.91. The summed E-state index contributed by atoms with van der Waals surface area (Å²) in [5.74, 6) is -0.386. The van der Waals surface area contributed by atoms with Crippen LogP contribution in [0.1, 0.15) is 28.7 Å². The molecule has 1 aliphatic heterocycles. The van der Waals surface area contributed by atoms with Crippen LogP contribution in [0.2, 0.25) is 0 Å². The van der Waals surface area contributed by atoms with E-state index in [1.165, 1.54) is 21.6 Å². The highest BCUT2D eigenvalue weighted by atomic mass is 32.2. The van der Waals surface area contributed by atoms with Gasteiger partial charge in [0.2, 0.25) is 11.8 Å². The largest absolute Gasteiger partial charge is 0.338 e. The van der Waals surface area contributed by atoms with Gasteiger partial charge in [-0.3, -0.25) is 9.59 Å². The van der Waals surface area contributed by atoms with Crippen molar-refractivity contribution in [3.05, 3.63) is 89.0 Å². The van der Waals surface area contributed by atoms with E-state index in [2.05, 4.69) is 37.4 Å². The molecule has 0 aromatic heterocycles. The fourth-order valence-corrected chi connectivity index (χ4v) is 4.79. The number of hydrogen-bond donors (Lipinski definition) is 1. The first-order chi connectivity index (χ1) is 15.4. The van der Waals surface area contributed by atoms with Gasteiger partial charge in [0.15, 0.2) is 0 Å². The van der Waals surface area contributed by atoms with Crippen LogP contribution >= 0.6 is 11.8 Å². The molecule has 3 aromatic rings. The van der Waals surface area contributed by atoms with E-state index in [9.17, 15) is 9.59 Å². The Labute approximate surface area is 194 Å². The first kappa shape index (κ1) is 22.2. The van der Waals surface area contributed by atoms with Crippen molar-refractivity contribution in [2.75, 3.05) is 11.9 Å². The molecule has 32 heavy (non-hydrogen) atoms. The number of hydrogen-bond acceptors (Lipinski definition) is 3. The lowest BCUT2D eigenvalue weighted by Gasteiger charge is -2.17. The van der Waals surface area contributed by atoms with Crippen LogP contribution in [0.4, 0.5) is 5.69 Å². The summed E-state index contributed by atoms with van der Waals surface area (Å²) in [4.78, 5) is 29.3. The predicted molar refractivity (Wildman–Crippen MR) is 130 cm³/mol. The monoisotopic (exact) mass is 444 g/mol. The third-order valence-electron chi connectivity index (χ3n) is 5.76. The summed E-state index contributed by atoms with van der Waals surface area (Å²) in [6.07, 6.45) is 0.262. The molecule has 4 rings (SSSR count). The number of benzene rings is 3. The molecule has 164 valence electrons. The summed E-state index contributed by atoms with van der Waals surface area (Å²) < 4.78 is 0. The molecule has 1 atom stereocenters. The quantitative estimate of drug-likeness (QED) is 0.527. The maximum absolute atomic E-state index is 12.8. The number of likely N-dealkylation sites (tertiary alicyclic amines) is 1. The molecular weight excluding hydrogens is 416 g/mol. The molecule has 0 saturated carbocycles. The van der Waals surface area contributed by atoms with Crippen molar-refractivity contribution in [1.29, 1.82) is 0 Å². The van der Waals surface area contributed by atoms with Crippen molar-refractivity contribution < 1.29 is 9.59 Å². The summed E-state index contributed by atoms with van der Waals surface area (Å²) in [7, 11) is 0. The molecule has 1 N–H and O–H groups in total. The normalized spacial score (nSPS) is 15.8. The molecule has 2 amide bonds. The zero-order valence-electron chi connectivity index (χ0n) is 18.7. The molecule has 1 heterocycles. The Balaban J connectivity index is 1.33. The molecule has 3 aromatic carbocycles. The van der Waals surface area contributed by atoms with E-state index in [1.54, 1.807) is 16.7 Å². The summed E-state index contributed by atoms with van der Waals surface area (Å²) >= 11 is 1.71. The first-order valence-electron chi connectivity index (χ1n) is 10.9. The van der Waals surface area contributed by atoms with Gasteiger partial charge in [0.1, 0.15) is 0 Å². The van der Waals surface area contributed by atoms with Gasteiger partial charge >= 0.3 is 0 Å². The van der Waals surface area contributed by atoms with Gasteiger partial charge in [-0.25, -0.2) is 0 Å². The minimum Gasteiger partial charge on any atom is -0.338 e. The van der Waals surface area contributed by atoms with Crippen molar-refractivity contribution in [3.8, 4) is 0 Å². The number of carbonyl (C=O) groups excluding carboxylic acids is 2. The van der Waals surface area contributed by atoms with Gasteiger partial charge in [0.25, 0.3) is 0 Å². The van der Waals surface area contributed by atoms with Gasteiger partial charge in [-0.15, -0.1) is 0 Å². The number of anilines is 1. The molecule has 0 bridgehead atoms. The molecule has 0 spiro atoms. The van der Waals surface area contributed by atoms with Crippen LogP contribution < -0.4 is 5.32 Å². The van der Waals surface area contributed by atoms with Crippen LogP contribution in [-0.2, 0) is 16.1 Å². The first-order valence-corrected chi connectivity index (χ1v) is 11.7. The number of nitrogens with one attached hydrogen (secondary N) is 1. The molecule has 1 fully saturated rings. The van der Waals surface area contributed by atoms with E-state index in [0.29, 0.717) is 13.1 Å². The molecular formula is C27H28N2O2S. The van der Waals surface area contributed by atoms with Gasteiger partial charge < -0.3 is 10.2 Å². The summed E-state index contributed by atoms with van der Waals surface area (Å²) in [5.41, 5.74) is 5.55. The average molecular weight is 445 g/mol. The Bertz CT molecular complexity index is 1120. The van der Waals surface area contributed by atoms with Crippen molar-refractivity contribution in [3.63, 3.8) is 0 Å². The molecule has 0 radical (unpaired) electrons. The van der Waals surface area contributed by atoms with Crippen LogP contribution in [0.25, 0.3) is 0 Å². The van der Waals surface area contributed by atoms with Gasteiger partial charge in [-0.05, 0) is 62.2 Å². The second kappa shape index (κ2) is 9.61. The predicted octanol–water partition coefficient (Wildman–Crippen LogP) is 5.75. The SMILES string of the molecule is Cc1ccc(CN2C[C@@H](C(=O)Nc3ccc(Sc4ccc(C)cc4C)cc3)CC2=O)cc1. The fraction of sp³-hybridized carbons (Fsp3) is 0.259. The zero-order valence-corrected chi connectivity index (χ0v) is 19.5. The highest BCUT2D eigenvalue weighted by Gasteiger charge is 2.34. The van der Waals surface area contributed by atoms with Crippen LogP contribution in [0.3, 0.4) is 0 Å². The van der Waals surface area contributed by atoms with Gasteiger partial charge in [-0.2, -0.15) is 0 Å². The number of aryl methyl sites for hydroxylation is 3. The number of rotatable bonds is 6. The Morgan fingerprint density at radius 1 is 0.969 bits per heavy atom. The summed E-state index contributed by atoms with van der Waals surface area (Å²) in [6.45, 7) is 7.26. The maximum Gasteiger partial charge on any atom is 0.229 e. The average Bonchev–Trinajstić information content (AvgIpc) is 3.13. The lowest BCUT2D eigenvalue weighted by Crippen LogP contribution is -2.28. The molecule has 1 aliphatic rings. The van der Waals surface area contributed by atoms with E-state index in [-0.39, 0.29) is 24.2 Å². The summed E-state index contributed by atoms with van der Waals surface area (Å²) in [6, 6.07) is 22.5. The smallest absolute Gasteiger partial charge is 0.229 e. The maximum atomic E-state index is 12.8. The molecule has 4 nitrogen and oxygen atoms in total. The van der Waals surface area contributed by atoms with Crippen molar-refractivity contribution in [1.82, 2.24) is 4.90 Å². The van der Waals surface area contributed by atoms with Crippen LogP contribution in [-0.4, -0.2) is 23.3 Å². The van der Waals surface area contributed by atoms with Crippen LogP contribution in [0.15, 0.2) is 76.5 Å². The van der Waals surface area contributed by atoms with Gasteiger partial charge in [-0.1, -0.05) is 59.3 Å². The van der Waals surface area contributed by atoms with Gasteiger partial charge in [0, 0.05) is 35.0 Å². The van der Waals surface area contributed by atoms with E-state index in [1.807, 2.05) is 55.5 Å². The van der Waals surface area contributed by atoms with Gasteiger partial charge in [0.05, 0.1) is 5.92 Å². The standard InChI is InChI=1S/C27H28N2O2S/c1-18-4-7-21(8-5-18)16-29-17-22(15-26(29)30)27(31)28-23-9-11-24(12-10-23)32-25-13-6-19(2)14-20(25)3/h4-14,22H,15-17H2,1-3H3,(H,28,31)/t22-/m0/s1. The highest BCUT2D eigenvalue weighted by Crippen LogP contribution is 2.31. The minimum atomic E-state index is -0.322. The van der Waals surface area contributed by atoms with E-state index >= 15 is 0 Å². The Morgan fingerprint density at radius 3 is 2.34 bits per heavy atom. The van der Waals surface area contributed by atoms with E-state index < -0.39 is 0 Å². The Hall–Kier alpha value is -3.05. The second-order valence-corrected chi connectivity index (χ2v) is 9.66. The molecule has 0 unspecified atom stereocenters. The highest BCUT2D eigenvalue weighted by molar-refractivity contribution is 7.99. The zero-order chi connectivity index (χ0) is 22.7. The third-order valence-corrected chi connectivity index (χ3v) is 6.95. The van der Waals surface area contributed by atoms with Crippen molar-refractivity contribution >= 4 is 29.3 Å². The lowest BCUT2D eigenvalue weighted by atomic mass is 10.1. The minimum absolute atomic E-state index is 0.0333. The molecule has 5 heteroatoms. The molecule has 1 saturated heterocycles. The van der Waals surface area contributed by atoms with Crippen molar-refractivity contribution in [2.24, 2.45) is 5.92 Å². The topological polar surface area (TPSA) is 49.4 Å². The number of amides is 2.